The molecule has 9 heavy (non-hydrogen) atoms. The van der Waals surface area contributed by atoms with Crippen molar-refractivity contribution in [2.24, 2.45) is 0 Å². The van der Waals surface area contributed by atoms with Crippen LogP contribution < -0.4 is 0 Å². The zero-order chi connectivity index (χ0) is 6.95. The Bertz CT molecular complexity index is 281. The highest BCUT2D eigenvalue weighted by atomic mass is 13.5. The van der Waals surface area contributed by atoms with Crippen molar-refractivity contribution in [2.75, 3.05) is 0 Å². The van der Waals surface area contributed by atoms with E-state index in [4.69, 9.17) is 6.42 Å². The van der Waals surface area contributed by atoms with E-state index in [1.54, 1.807) is 6.92 Å². The molecule has 0 aliphatic rings. The van der Waals surface area contributed by atoms with E-state index in [1.807, 2.05) is 5.92 Å². The van der Waals surface area contributed by atoms with Gasteiger partial charge >= 0.3 is 0 Å². The maximum Gasteiger partial charge on any atom is -0.00168 e. The molecule has 0 saturated heterocycles. The summed E-state index contributed by atoms with van der Waals surface area (Å²) in [6.45, 7) is 1.70. The highest BCUT2D eigenvalue weighted by Crippen LogP contribution is 1.52. The number of hydrogen-bond acceptors (Lipinski definition) is 0. The molecule has 0 heterocycles. The Kier molecular flexibility index (Phi) is 5.02. The van der Waals surface area contributed by atoms with Crippen LogP contribution in [-0.4, -0.2) is 0 Å². The third-order valence-corrected chi connectivity index (χ3v) is 0.438. The van der Waals surface area contributed by atoms with Crippen LogP contribution in [0.2, 0.25) is 0 Å². The van der Waals surface area contributed by atoms with Crippen LogP contribution in [-0.2, 0) is 0 Å². The first kappa shape index (κ1) is 7.24. The molecule has 40 valence electrons. The molecule has 0 rings (SSSR count). The predicted molar refractivity (Wildman–Crippen MR) is 36.1 cm³/mol. The summed E-state index contributed by atoms with van der Waals surface area (Å²) < 4.78 is 0. The molecule has 0 aromatic rings. The summed E-state index contributed by atoms with van der Waals surface area (Å²) in [5, 5.41) is 0. The van der Waals surface area contributed by atoms with Gasteiger partial charge in [-0.15, -0.1) is 5.92 Å². The van der Waals surface area contributed by atoms with Crippen LogP contribution in [0.4, 0.5) is 0 Å². The first-order valence-electron chi connectivity index (χ1n) is 2.25. The van der Waals surface area contributed by atoms with Crippen molar-refractivity contribution in [1.82, 2.24) is 0 Å². The second-order valence-corrected chi connectivity index (χ2v) is 1.00. The molecule has 0 unspecified atom stereocenters. The molecule has 0 aliphatic heterocycles. The molecular formula is C9H3-. The summed E-state index contributed by atoms with van der Waals surface area (Å²) in [4.78, 5) is 0. The second-order valence-electron chi connectivity index (χ2n) is 1.00. The number of hydrogen-bond donors (Lipinski definition) is 0. The van der Waals surface area contributed by atoms with Gasteiger partial charge < -0.3 is 6.42 Å². The Morgan fingerprint density at radius 2 is 1.44 bits per heavy atom. The van der Waals surface area contributed by atoms with Gasteiger partial charge in [0.15, 0.2) is 0 Å². The van der Waals surface area contributed by atoms with Crippen LogP contribution in [0.25, 0.3) is 0 Å². The number of rotatable bonds is 0. The van der Waals surface area contributed by atoms with Crippen molar-refractivity contribution < 1.29 is 0 Å². The summed E-state index contributed by atoms with van der Waals surface area (Å²) >= 11 is 0. The van der Waals surface area contributed by atoms with Gasteiger partial charge in [0.25, 0.3) is 0 Å². The van der Waals surface area contributed by atoms with Crippen LogP contribution in [0, 0.1) is 47.9 Å². The van der Waals surface area contributed by atoms with E-state index in [9.17, 15) is 0 Å². The van der Waals surface area contributed by atoms with Gasteiger partial charge in [-0.3, -0.25) is 5.92 Å². The Labute approximate surface area is 55.7 Å². The van der Waals surface area contributed by atoms with E-state index in [-0.39, 0.29) is 0 Å². The molecular weight excluding hydrogens is 108 g/mol. The fourth-order valence-electron chi connectivity index (χ4n) is 0.188. The summed E-state index contributed by atoms with van der Waals surface area (Å²) in [7, 11) is 0. The molecule has 0 spiro atoms. The summed E-state index contributed by atoms with van der Waals surface area (Å²) in [5.74, 6) is 16.4. The fourth-order valence-corrected chi connectivity index (χ4v) is 0.188. The SMILES string of the molecule is [C-]#CC#CC#CC#CC. The normalized spacial score (nSPS) is 3.56. The second kappa shape index (κ2) is 6.24. The fraction of sp³-hybridized carbons (Fsp3) is 0.111. The van der Waals surface area contributed by atoms with Gasteiger partial charge in [-0.1, -0.05) is 5.92 Å². The van der Waals surface area contributed by atoms with Gasteiger partial charge in [-0.05, 0) is 24.7 Å². The van der Waals surface area contributed by atoms with Crippen LogP contribution in [0.5, 0.6) is 0 Å². The minimum Gasteiger partial charge on any atom is -0.358 e. The first-order chi connectivity index (χ1) is 4.41. The monoisotopic (exact) mass is 111 g/mol. The smallest absolute Gasteiger partial charge is 0.00168 e. The summed E-state index contributed by atoms with van der Waals surface area (Å²) in [6, 6.07) is 0. The van der Waals surface area contributed by atoms with Crippen molar-refractivity contribution in [1.29, 1.82) is 0 Å². The van der Waals surface area contributed by atoms with Crippen LogP contribution in [0.1, 0.15) is 6.92 Å². The Hall–Kier alpha value is -1.76. The highest BCUT2D eigenvalue weighted by Gasteiger charge is 1.45. The maximum absolute atomic E-state index is 6.36. The molecule has 0 fully saturated rings. The van der Waals surface area contributed by atoms with E-state index in [1.165, 1.54) is 0 Å². The van der Waals surface area contributed by atoms with Crippen molar-refractivity contribution in [3.63, 3.8) is 0 Å². The van der Waals surface area contributed by atoms with Crippen molar-refractivity contribution in [3.05, 3.63) is 6.42 Å². The van der Waals surface area contributed by atoms with Crippen molar-refractivity contribution >= 4 is 0 Å². The minimum absolute atomic E-state index is 1.70. The van der Waals surface area contributed by atoms with Crippen molar-refractivity contribution in [2.45, 2.75) is 6.92 Å². The van der Waals surface area contributed by atoms with Gasteiger partial charge in [-0.25, -0.2) is 5.92 Å². The Morgan fingerprint density at radius 3 is 2.00 bits per heavy atom. The third kappa shape index (κ3) is 6.24. The standard InChI is InChI=1S/C9H3/c1-3-5-7-9-8-6-4-2/h1H3/q-1. The maximum atomic E-state index is 6.36. The predicted octanol–water partition coefficient (Wildman–Crippen LogP) is 0.606. The van der Waals surface area contributed by atoms with Gasteiger partial charge in [0.2, 0.25) is 0 Å². The zero-order valence-electron chi connectivity index (χ0n) is 5.00. The largest absolute Gasteiger partial charge is 0.358 e. The topological polar surface area (TPSA) is 0 Å². The lowest BCUT2D eigenvalue weighted by Crippen LogP contribution is -1.50. The molecule has 0 atom stereocenters. The lowest BCUT2D eigenvalue weighted by Gasteiger charge is -1.63. The molecule has 0 radical (unpaired) electrons. The molecule has 0 amide bonds. The van der Waals surface area contributed by atoms with E-state index in [0.29, 0.717) is 0 Å². The Balaban J connectivity index is 3.90. The van der Waals surface area contributed by atoms with Gasteiger partial charge in [-0.2, -0.15) is 0 Å². The zero-order valence-corrected chi connectivity index (χ0v) is 5.00. The van der Waals surface area contributed by atoms with E-state index >= 15 is 0 Å². The molecule has 0 saturated carbocycles. The van der Waals surface area contributed by atoms with Crippen LogP contribution >= 0.6 is 0 Å². The first-order valence-corrected chi connectivity index (χ1v) is 2.25. The highest BCUT2D eigenvalue weighted by molar-refractivity contribution is 5.38. The molecule has 0 aromatic heterocycles. The van der Waals surface area contributed by atoms with E-state index in [2.05, 4.69) is 35.5 Å². The van der Waals surface area contributed by atoms with Crippen molar-refractivity contribution in [3.8, 4) is 41.4 Å². The molecule has 0 aromatic carbocycles. The average Bonchev–Trinajstić information content (AvgIpc) is 1.89. The average molecular weight is 111 g/mol. The van der Waals surface area contributed by atoms with Gasteiger partial charge in [0.05, 0.1) is 0 Å². The lowest BCUT2D eigenvalue weighted by atomic mass is 10.5. The van der Waals surface area contributed by atoms with E-state index < -0.39 is 0 Å². The minimum atomic E-state index is 1.70. The third-order valence-electron chi connectivity index (χ3n) is 0.438. The summed E-state index contributed by atoms with van der Waals surface area (Å²) in [5.41, 5.74) is 0. The quantitative estimate of drug-likeness (QED) is 0.317. The van der Waals surface area contributed by atoms with Gasteiger partial charge in [0.1, 0.15) is 0 Å². The van der Waals surface area contributed by atoms with Crippen LogP contribution in [0.15, 0.2) is 0 Å². The van der Waals surface area contributed by atoms with Crippen LogP contribution in [0.3, 0.4) is 0 Å². The van der Waals surface area contributed by atoms with E-state index in [0.717, 1.165) is 0 Å². The molecule has 0 bridgehead atoms. The molecule has 0 aliphatic carbocycles. The summed E-state index contributed by atoms with van der Waals surface area (Å²) in [6.07, 6.45) is 6.36. The molecule has 0 heteroatoms. The Morgan fingerprint density at radius 1 is 0.889 bits per heavy atom. The molecule has 0 N–H and O–H groups in total. The lowest BCUT2D eigenvalue weighted by molar-refractivity contribution is 1.92. The molecule has 0 nitrogen and oxygen atoms in total. The van der Waals surface area contributed by atoms with Gasteiger partial charge in [0, 0.05) is 0 Å².